The van der Waals surface area contributed by atoms with Gasteiger partial charge in [-0.2, -0.15) is 4.98 Å². The number of carbonyl (C=O) groups is 2. The number of nitrogens with two attached hydrogens (primary N) is 2. The highest BCUT2D eigenvalue weighted by atomic mass is 16.5. The number of imidazole rings is 1. The quantitative estimate of drug-likeness (QED) is 0.265. The SMILES string of the molecule is COCCCn1c([C@@H]2CCCN(C(=O)C[C@@H](N)Cc3c(C(N)=O)cccc3-c3noc(C)n3)C2)nc2ccccc21. The van der Waals surface area contributed by atoms with Crippen molar-refractivity contribution in [2.24, 2.45) is 11.5 Å². The number of hydrogen-bond donors (Lipinski definition) is 2. The molecule has 0 radical (unpaired) electrons. The maximum atomic E-state index is 13.5. The van der Waals surface area contributed by atoms with Gasteiger partial charge in [0.15, 0.2) is 0 Å². The normalized spacial score (nSPS) is 16.3. The zero-order chi connectivity index (χ0) is 28.9. The van der Waals surface area contributed by atoms with Crippen LogP contribution in [0.3, 0.4) is 0 Å². The molecule has 0 bridgehead atoms. The van der Waals surface area contributed by atoms with Crippen molar-refractivity contribution >= 4 is 22.8 Å². The molecule has 2 aromatic heterocycles. The molecule has 5 rings (SSSR count). The minimum absolute atomic E-state index is 0.0160. The van der Waals surface area contributed by atoms with Crippen molar-refractivity contribution in [3.05, 3.63) is 65.3 Å². The van der Waals surface area contributed by atoms with Crippen molar-refractivity contribution in [1.82, 2.24) is 24.6 Å². The lowest BCUT2D eigenvalue weighted by atomic mass is 9.92. The Kier molecular flexibility index (Phi) is 8.75. The first-order valence-electron chi connectivity index (χ1n) is 14.1. The summed E-state index contributed by atoms with van der Waals surface area (Å²) in [7, 11) is 1.71. The lowest BCUT2D eigenvalue weighted by Gasteiger charge is -2.33. The van der Waals surface area contributed by atoms with Crippen LogP contribution >= 0.6 is 0 Å². The summed E-state index contributed by atoms with van der Waals surface area (Å²) in [6, 6.07) is 12.8. The highest BCUT2D eigenvalue weighted by Gasteiger charge is 2.30. The molecular weight excluding hydrogens is 522 g/mol. The fourth-order valence-electron chi connectivity index (χ4n) is 5.77. The first kappa shape index (κ1) is 28.4. The predicted molar refractivity (Wildman–Crippen MR) is 154 cm³/mol. The van der Waals surface area contributed by atoms with Gasteiger partial charge >= 0.3 is 0 Å². The Morgan fingerprint density at radius 2 is 2.00 bits per heavy atom. The number of fused-ring (bicyclic) bond motifs is 1. The average Bonchev–Trinajstić information content (AvgIpc) is 3.57. The van der Waals surface area contributed by atoms with Crippen LogP contribution in [-0.4, -0.2) is 69.3 Å². The Hall–Kier alpha value is -4.09. The average molecular weight is 560 g/mol. The lowest BCUT2D eigenvalue weighted by Crippen LogP contribution is -2.42. The van der Waals surface area contributed by atoms with E-state index in [0.29, 0.717) is 48.1 Å². The van der Waals surface area contributed by atoms with Crippen LogP contribution in [-0.2, 0) is 22.5 Å². The molecule has 41 heavy (non-hydrogen) atoms. The number of hydrogen-bond acceptors (Lipinski definition) is 8. The van der Waals surface area contributed by atoms with Crippen molar-refractivity contribution in [2.45, 2.75) is 57.5 Å². The topological polar surface area (TPSA) is 155 Å². The van der Waals surface area contributed by atoms with Gasteiger partial charge in [-0.25, -0.2) is 4.98 Å². The molecule has 3 heterocycles. The molecule has 11 nitrogen and oxygen atoms in total. The van der Waals surface area contributed by atoms with Crippen molar-refractivity contribution < 1.29 is 18.8 Å². The monoisotopic (exact) mass is 559 g/mol. The van der Waals surface area contributed by atoms with Gasteiger partial charge in [0.1, 0.15) is 5.82 Å². The molecule has 0 spiro atoms. The number of piperidine rings is 1. The summed E-state index contributed by atoms with van der Waals surface area (Å²) < 4.78 is 12.7. The number of nitrogens with zero attached hydrogens (tertiary/aromatic N) is 5. The third kappa shape index (κ3) is 6.31. The molecule has 1 aliphatic rings. The van der Waals surface area contributed by atoms with E-state index in [4.69, 9.17) is 25.7 Å². The Morgan fingerprint density at radius 3 is 2.76 bits per heavy atom. The molecule has 1 aliphatic heterocycles. The van der Waals surface area contributed by atoms with E-state index in [1.807, 2.05) is 23.1 Å². The number of para-hydroxylation sites is 2. The van der Waals surface area contributed by atoms with Crippen LogP contribution in [0.1, 0.15) is 59.2 Å². The molecular formula is C30H37N7O4. The van der Waals surface area contributed by atoms with Gasteiger partial charge in [0.25, 0.3) is 0 Å². The fourth-order valence-corrected chi connectivity index (χ4v) is 5.77. The number of amides is 2. The van der Waals surface area contributed by atoms with Crippen LogP contribution in [0.2, 0.25) is 0 Å². The van der Waals surface area contributed by atoms with Crippen LogP contribution < -0.4 is 11.5 Å². The van der Waals surface area contributed by atoms with Crippen LogP contribution in [0.5, 0.6) is 0 Å². The van der Waals surface area contributed by atoms with Gasteiger partial charge in [0.2, 0.25) is 23.5 Å². The van der Waals surface area contributed by atoms with Crippen LogP contribution in [0, 0.1) is 6.92 Å². The van der Waals surface area contributed by atoms with E-state index >= 15 is 0 Å². The highest BCUT2D eigenvalue weighted by Crippen LogP contribution is 2.31. The van der Waals surface area contributed by atoms with E-state index in [2.05, 4.69) is 20.8 Å². The van der Waals surface area contributed by atoms with E-state index in [-0.39, 0.29) is 24.7 Å². The predicted octanol–water partition coefficient (Wildman–Crippen LogP) is 3.20. The summed E-state index contributed by atoms with van der Waals surface area (Å²) in [6.07, 6.45) is 3.13. The third-order valence-electron chi connectivity index (χ3n) is 7.67. The molecule has 2 amide bonds. The minimum atomic E-state index is -0.576. The summed E-state index contributed by atoms with van der Waals surface area (Å²) in [5.74, 6) is 1.31. The van der Waals surface area contributed by atoms with E-state index < -0.39 is 11.9 Å². The second kappa shape index (κ2) is 12.6. The van der Waals surface area contributed by atoms with Crippen molar-refractivity contribution in [3.8, 4) is 11.4 Å². The zero-order valence-electron chi connectivity index (χ0n) is 23.6. The van der Waals surface area contributed by atoms with Gasteiger partial charge in [0, 0.05) is 69.8 Å². The maximum Gasteiger partial charge on any atom is 0.249 e. The molecule has 1 saturated heterocycles. The second-order valence-corrected chi connectivity index (χ2v) is 10.6. The van der Waals surface area contributed by atoms with Crippen molar-refractivity contribution in [3.63, 3.8) is 0 Å². The summed E-state index contributed by atoms with van der Waals surface area (Å²) in [5.41, 5.74) is 15.8. The number of aryl methyl sites for hydroxylation is 2. The van der Waals surface area contributed by atoms with E-state index in [1.54, 1.807) is 32.2 Å². The van der Waals surface area contributed by atoms with Crippen molar-refractivity contribution in [2.75, 3.05) is 26.8 Å². The Balaban J connectivity index is 1.31. The maximum absolute atomic E-state index is 13.5. The first-order valence-corrected chi connectivity index (χ1v) is 14.1. The van der Waals surface area contributed by atoms with Gasteiger partial charge in [0.05, 0.1) is 11.0 Å². The molecule has 11 heteroatoms. The first-order chi connectivity index (χ1) is 19.9. The Labute approximate surface area is 238 Å². The highest BCUT2D eigenvalue weighted by molar-refractivity contribution is 5.96. The smallest absolute Gasteiger partial charge is 0.249 e. The molecule has 4 aromatic rings. The summed E-state index contributed by atoms with van der Waals surface area (Å²) >= 11 is 0. The third-order valence-corrected chi connectivity index (χ3v) is 7.67. The van der Waals surface area contributed by atoms with Crippen molar-refractivity contribution in [1.29, 1.82) is 0 Å². The molecule has 4 N–H and O–H groups in total. The van der Waals surface area contributed by atoms with Gasteiger partial charge in [-0.05, 0) is 49.4 Å². The van der Waals surface area contributed by atoms with Crippen LogP contribution in [0.15, 0.2) is 47.0 Å². The van der Waals surface area contributed by atoms with Gasteiger partial charge in [-0.3, -0.25) is 9.59 Å². The molecule has 0 aliphatic carbocycles. The second-order valence-electron chi connectivity index (χ2n) is 10.6. The fraction of sp³-hybridized carbons (Fsp3) is 0.433. The van der Waals surface area contributed by atoms with Gasteiger partial charge < -0.3 is 30.2 Å². The Bertz CT molecular complexity index is 1530. The number of primary amides is 1. The number of likely N-dealkylation sites (tertiary alicyclic amines) is 1. The van der Waals surface area contributed by atoms with Gasteiger partial charge in [-0.15, -0.1) is 0 Å². The number of ether oxygens (including phenoxy) is 1. The molecule has 2 atom stereocenters. The van der Waals surface area contributed by atoms with E-state index in [1.165, 1.54) is 0 Å². The van der Waals surface area contributed by atoms with Crippen LogP contribution in [0.4, 0.5) is 0 Å². The minimum Gasteiger partial charge on any atom is -0.385 e. The number of methoxy groups -OCH3 is 1. The summed E-state index contributed by atoms with van der Waals surface area (Å²) in [4.78, 5) is 36.9. The number of aromatic nitrogens is 4. The number of benzene rings is 2. The largest absolute Gasteiger partial charge is 0.385 e. The summed E-state index contributed by atoms with van der Waals surface area (Å²) in [6.45, 7) is 4.44. The molecule has 0 unspecified atom stereocenters. The molecule has 1 fully saturated rings. The van der Waals surface area contributed by atoms with Gasteiger partial charge in [-0.1, -0.05) is 29.4 Å². The molecule has 2 aromatic carbocycles. The van der Waals surface area contributed by atoms with E-state index in [0.717, 1.165) is 42.7 Å². The molecule has 216 valence electrons. The lowest BCUT2D eigenvalue weighted by molar-refractivity contribution is -0.132. The van der Waals surface area contributed by atoms with Crippen LogP contribution in [0.25, 0.3) is 22.4 Å². The zero-order valence-corrected chi connectivity index (χ0v) is 23.6. The Morgan fingerprint density at radius 1 is 1.17 bits per heavy atom. The standard InChI is InChI=1S/C30H37N7O4/c1-19-33-29(35-41-19)23-10-5-9-22(28(32)39)24(23)16-21(31)17-27(38)36-13-6-8-20(18-36)30-34-25-11-3-4-12-26(25)37(30)14-7-15-40-2/h3-5,9-12,20-21H,6-8,13-18,31H2,1-2H3,(H2,32,39)/t20-,21+/m1/s1. The number of rotatable bonds is 11. The molecule has 0 saturated carbocycles. The number of carbonyl (C=O) groups excluding carboxylic acids is 2. The van der Waals surface area contributed by atoms with E-state index in [9.17, 15) is 9.59 Å². The summed E-state index contributed by atoms with van der Waals surface area (Å²) in [5, 5.41) is 4.00.